The van der Waals surface area contributed by atoms with Crippen molar-refractivity contribution in [1.82, 2.24) is 0 Å². The van der Waals surface area contributed by atoms with Crippen molar-refractivity contribution in [3.63, 3.8) is 0 Å². The van der Waals surface area contributed by atoms with Crippen molar-refractivity contribution in [3.05, 3.63) is 0 Å². The molecule has 0 aliphatic heterocycles. The molecule has 0 N–H and O–H groups in total. The van der Waals surface area contributed by atoms with E-state index >= 15 is 0 Å². The molecule has 0 aromatic heterocycles. The van der Waals surface area contributed by atoms with Gasteiger partial charge in [0.05, 0.1) is 6.07 Å². The van der Waals surface area contributed by atoms with Gasteiger partial charge < -0.3 is 0 Å². The number of nitriles is 1. The Morgan fingerprint density at radius 2 is 1.50 bits per heavy atom. The first-order valence-corrected chi connectivity index (χ1v) is 9.18. The van der Waals surface area contributed by atoms with Crippen molar-refractivity contribution in [2.45, 2.75) is 6.92 Å². The largest absolute Gasteiger partial charge is 0.287 e. The van der Waals surface area contributed by atoms with Crippen molar-refractivity contribution in [3.8, 4) is 6.07 Å². The van der Waals surface area contributed by atoms with Crippen molar-refractivity contribution < 1.29 is 4.57 Å². The van der Waals surface area contributed by atoms with Gasteiger partial charge in [0.1, 0.15) is 0 Å². The van der Waals surface area contributed by atoms with Gasteiger partial charge in [0.2, 0.25) is 0 Å². The Morgan fingerprint density at radius 1 is 1.50 bits per heavy atom. The molecule has 0 atom stereocenters. The average molecular weight is 328 g/mol. The van der Waals surface area contributed by atoms with Crippen LogP contribution in [0.5, 0.6) is 0 Å². The van der Waals surface area contributed by atoms with Crippen molar-refractivity contribution in [2.24, 2.45) is 0 Å². The third-order valence-corrected chi connectivity index (χ3v) is 0. The molecule has 6 heteroatoms. The lowest BCUT2D eigenvalue weighted by molar-refractivity contribution is 0.603. The summed E-state index contributed by atoms with van der Waals surface area (Å²) in [6.07, 6.45) is 0. The Balaban J connectivity index is 0. The highest BCUT2D eigenvalue weighted by Crippen LogP contribution is 2.68. The monoisotopic (exact) mass is 325 g/mol. The molecule has 0 aliphatic carbocycles. The molecule has 2 nitrogen and oxygen atoms in total. The number of hydrogen-bond donors (Lipinski definition) is 0. The minimum atomic E-state index is -2.20. The van der Waals surface area contributed by atoms with Gasteiger partial charge in [-0.15, -0.1) is 0 Å². The molecule has 0 aromatic carbocycles. The summed E-state index contributed by atoms with van der Waals surface area (Å²) in [5, 5.41) is 7.32. The SMILES string of the molecule is CC#N.O=P(Br)(Br)Br. The molecule has 0 heterocycles. The number of halogens is 3. The van der Waals surface area contributed by atoms with Crippen LogP contribution in [0.4, 0.5) is 0 Å². The van der Waals surface area contributed by atoms with E-state index in [1.54, 1.807) is 6.07 Å². The van der Waals surface area contributed by atoms with Crippen molar-refractivity contribution in [2.75, 3.05) is 0 Å². The highest BCUT2D eigenvalue weighted by Gasteiger charge is 2.00. The van der Waals surface area contributed by atoms with E-state index in [4.69, 9.17) is 5.26 Å². The molecule has 0 saturated heterocycles. The molecule has 0 aromatic rings. The molecule has 0 rings (SSSR count). The van der Waals surface area contributed by atoms with Gasteiger partial charge in [-0.05, 0) is 0 Å². The molecule has 0 bridgehead atoms. The summed E-state index contributed by atoms with van der Waals surface area (Å²) >= 11 is 8.29. The minimum absolute atomic E-state index is 1.43. The molecule has 0 fully saturated rings. The van der Waals surface area contributed by atoms with Crippen molar-refractivity contribution in [1.29, 1.82) is 5.26 Å². The molecule has 0 aliphatic rings. The topological polar surface area (TPSA) is 40.9 Å². The van der Waals surface area contributed by atoms with Crippen LogP contribution < -0.4 is 0 Å². The lowest BCUT2D eigenvalue weighted by atomic mass is 11.0. The maximum Gasteiger partial charge on any atom is 0.268 e. The highest BCUT2D eigenvalue weighted by atomic mass is 80.0. The van der Waals surface area contributed by atoms with E-state index in [0.29, 0.717) is 0 Å². The number of hydrogen-bond acceptors (Lipinski definition) is 2. The van der Waals surface area contributed by atoms with E-state index in [9.17, 15) is 4.57 Å². The fourth-order valence-electron chi connectivity index (χ4n) is 0. The van der Waals surface area contributed by atoms with Crippen LogP contribution in [0.3, 0.4) is 0 Å². The predicted molar refractivity (Wildman–Crippen MR) is 45.7 cm³/mol. The molecule has 8 heavy (non-hydrogen) atoms. The second-order valence-electron chi connectivity index (χ2n) is 0.622. The fourth-order valence-corrected chi connectivity index (χ4v) is 0. The van der Waals surface area contributed by atoms with Gasteiger partial charge in [-0.1, -0.05) is 0 Å². The van der Waals surface area contributed by atoms with Crippen LogP contribution in [-0.4, -0.2) is 0 Å². The lowest BCUT2D eigenvalue weighted by Gasteiger charge is -1.76. The van der Waals surface area contributed by atoms with E-state index in [1.807, 2.05) is 0 Å². The summed E-state index contributed by atoms with van der Waals surface area (Å²) in [7, 11) is 0. The Bertz CT molecular complexity index is 115. The van der Waals surface area contributed by atoms with E-state index in [1.165, 1.54) is 6.92 Å². The summed E-state index contributed by atoms with van der Waals surface area (Å²) in [5.41, 5.74) is 0. The fraction of sp³-hybridized carbons (Fsp3) is 0.500. The van der Waals surface area contributed by atoms with Gasteiger partial charge in [-0.3, -0.25) is 4.57 Å². The Kier molecular flexibility index (Phi) is 9.34. The van der Waals surface area contributed by atoms with Crippen LogP contribution in [0, 0.1) is 11.3 Å². The van der Waals surface area contributed by atoms with E-state index in [2.05, 4.69) is 46.5 Å². The number of nitrogens with zero attached hydrogens (tertiary/aromatic N) is 1. The maximum absolute atomic E-state index is 9.97. The summed E-state index contributed by atoms with van der Waals surface area (Å²) in [6.45, 7) is 1.43. The Morgan fingerprint density at radius 3 is 1.50 bits per heavy atom. The molecule has 0 radical (unpaired) electrons. The van der Waals surface area contributed by atoms with Gasteiger partial charge in [0, 0.05) is 53.4 Å². The normalized spacial score (nSPS) is 8.38. The average Bonchev–Trinajstić information content (AvgIpc) is 1.27. The molecular weight excluding hydrogens is 325 g/mol. The van der Waals surface area contributed by atoms with Gasteiger partial charge in [0.15, 0.2) is 0 Å². The van der Waals surface area contributed by atoms with Gasteiger partial charge in [-0.2, -0.15) is 5.26 Å². The minimum Gasteiger partial charge on any atom is -0.287 e. The first kappa shape index (κ1) is 11.9. The molecular formula is C2H3Br3NOP. The van der Waals surface area contributed by atoms with Crippen LogP contribution in [0.15, 0.2) is 0 Å². The molecule has 0 amide bonds. The van der Waals surface area contributed by atoms with Gasteiger partial charge in [-0.25, -0.2) is 0 Å². The van der Waals surface area contributed by atoms with Crippen LogP contribution in [0.1, 0.15) is 6.92 Å². The lowest BCUT2D eigenvalue weighted by Crippen LogP contribution is -1.14. The zero-order valence-corrected chi connectivity index (χ0v) is 9.59. The molecule has 48 valence electrons. The standard InChI is InChI=1S/C2H3N.Br3OP/c1-2-3;1-5(2,3)4/h1H3;. The summed E-state index contributed by atoms with van der Waals surface area (Å²) in [5.74, 6) is 0. The van der Waals surface area contributed by atoms with E-state index < -0.39 is 3.25 Å². The molecule has 0 spiro atoms. The van der Waals surface area contributed by atoms with Crippen LogP contribution in [-0.2, 0) is 4.57 Å². The Hall–Kier alpha value is 1.16. The predicted octanol–water partition coefficient (Wildman–Crippen LogP) is 3.81. The maximum atomic E-state index is 9.97. The van der Waals surface area contributed by atoms with E-state index in [0.717, 1.165) is 0 Å². The second-order valence-corrected chi connectivity index (χ2v) is 19.0. The molecule has 0 unspecified atom stereocenters. The zero-order valence-electron chi connectivity index (χ0n) is 3.94. The molecule has 0 saturated carbocycles. The quantitative estimate of drug-likeness (QED) is 0.635. The summed E-state index contributed by atoms with van der Waals surface area (Å²) in [4.78, 5) is 0. The van der Waals surface area contributed by atoms with Gasteiger partial charge >= 0.3 is 0 Å². The zero-order chi connectivity index (χ0) is 7.21. The van der Waals surface area contributed by atoms with Crippen LogP contribution in [0.25, 0.3) is 0 Å². The van der Waals surface area contributed by atoms with Gasteiger partial charge in [0.25, 0.3) is 3.25 Å². The second kappa shape index (κ2) is 6.28. The first-order chi connectivity index (χ1) is 3.41. The van der Waals surface area contributed by atoms with Crippen LogP contribution in [0.2, 0.25) is 0 Å². The third-order valence-electron chi connectivity index (χ3n) is 0. The smallest absolute Gasteiger partial charge is 0.268 e. The summed E-state index contributed by atoms with van der Waals surface area (Å²) < 4.78 is 7.76. The van der Waals surface area contributed by atoms with E-state index in [-0.39, 0.29) is 0 Å². The highest BCUT2D eigenvalue weighted by molar-refractivity contribution is 9.94. The van der Waals surface area contributed by atoms with Crippen LogP contribution >= 0.6 is 49.7 Å². The first-order valence-electron chi connectivity index (χ1n) is 1.41. The summed E-state index contributed by atoms with van der Waals surface area (Å²) in [6, 6.07) is 1.75. The van der Waals surface area contributed by atoms with Crippen molar-refractivity contribution >= 4 is 49.7 Å². The third kappa shape index (κ3) is 202. The Labute approximate surface area is 72.2 Å². The number of rotatable bonds is 0.